The number of hydrogen-bond donors (Lipinski definition) is 0. The maximum atomic E-state index is 15.0. The highest BCUT2D eigenvalue weighted by molar-refractivity contribution is 5.51. The van der Waals surface area contributed by atoms with Gasteiger partial charge in [0.05, 0.1) is 6.10 Å². The molecule has 2 nitrogen and oxygen atoms in total. The van der Waals surface area contributed by atoms with Crippen LogP contribution in [-0.4, -0.2) is 12.7 Å². The number of fused-ring (bicyclic) bond motifs is 1. The van der Waals surface area contributed by atoms with Gasteiger partial charge in [-0.2, -0.15) is 4.39 Å². The van der Waals surface area contributed by atoms with Crippen LogP contribution in [0.5, 0.6) is 5.75 Å². The third kappa shape index (κ3) is 5.21. The molecule has 1 heterocycles. The van der Waals surface area contributed by atoms with E-state index in [9.17, 15) is 8.78 Å². The lowest BCUT2D eigenvalue weighted by Gasteiger charge is -2.25. The summed E-state index contributed by atoms with van der Waals surface area (Å²) in [5.41, 5.74) is 1.10. The van der Waals surface area contributed by atoms with Crippen molar-refractivity contribution in [2.24, 2.45) is 5.92 Å². The number of hydrogen-bond acceptors (Lipinski definition) is 2. The molecule has 0 aliphatic carbocycles. The van der Waals surface area contributed by atoms with Gasteiger partial charge in [0.15, 0.2) is 23.2 Å². The van der Waals surface area contributed by atoms with Gasteiger partial charge in [0.25, 0.3) is 0 Å². The van der Waals surface area contributed by atoms with Crippen LogP contribution in [0.4, 0.5) is 13.2 Å². The molecule has 0 N–H and O–H groups in total. The Morgan fingerprint density at radius 1 is 1.31 bits per heavy atom. The summed E-state index contributed by atoms with van der Waals surface area (Å²) in [4.78, 5) is 0. The smallest absolute Gasteiger partial charge is 0.201 e. The number of aryl methyl sites for hydroxylation is 1. The molecule has 2 rings (SSSR count). The molecule has 0 aromatic heterocycles. The second-order valence-corrected chi connectivity index (χ2v) is 7.52. The second kappa shape index (κ2) is 9.97. The van der Waals surface area contributed by atoms with E-state index in [-0.39, 0.29) is 29.1 Å². The maximum absolute atomic E-state index is 15.0. The summed E-state index contributed by atoms with van der Waals surface area (Å²) in [6.45, 7) is 17.4. The van der Waals surface area contributed by atoms with Crippen LogP contribution in [0.1, 0.15) is 44.7 Å². The lowest BCUT2D eigenvalue weighted by atomic mass is 9.95. The van der Waals surface area contributed by atoms with Crippen LogP contribution >= 0.6 is 0 Å². The minimum Gasteiger partial charge on any atom is -0.450 e. The molecular formula is C24H29F3O2. The van der Waals surface area contributed by atoms with Crippen molar-refractivity contribution in [3.63, 3.8) is 0 Å². The van der Waals surface area contributed by atoms with Crippen molar-refractivity contribution in [2.75, 3.05) is 6.61 Å². The van der Waals surface area contributed by atoms with Crippen LogP contribution in [0, 0.1) is 17.6 Å². The summed E-state index contributed by atoms with van der Waals surface area (Å²) >= 11 is 0. The zero-order chi connectivity index (χ0) is 21.7. The highest BCUT2D eigenvalue weighted by atomic mass is 19.2. The zero-order valence-electron chi connectivity index (χ0n) is 17.4. The van der Waals surface area contributed by atoms with E-state index in [1.807, 2.05) is 13.8 Å². The molecule has 5 heteroatoms. The molecule has 0 bridgehead atoms. The minimum atomic E-state index is -1.12. The number of halogens is 3. The lowest BCUT2D eigenvalue weighted by Crippen LogP contribution is -2.19. The summed E-state index contributed by atoms with van der Waals surface area (Å²) in [7, 11) is 0. The highest BCUT2D eigenvalue weighted by Crippen LogP contribution is 2.39. The fraction of sp³-hybridized carbons (Fsp3) is 0.417. The molecule has 1 aromatic carbocycles. The van der Waals surface area contributed by atoms with Crippen molar-refractivity contribution >= 4 is 0 Å². The Hall–Kier alpha value is -2.27. The monoisotopic (exact) mass is 406 g/mol. The van der Waals surface area contributed by atoms with Gasteiger partial charge in [-0.15, -0.1) is 6.58 Å². The van der Waals surface area contributed by atoms with Crippen LogP contribution in [-0.2, 0) is 17.6 Å². The Morgan fingerprint density at radius 2 is 2.00 bits per heavy atom. The van der Waals surface area contributed by atoms with Gasteiger partial charge < -0.3 is 9.47 Å². The Labute approximate surface area is 171 Å². The topological polar surface area (TPSA) is 18.5 Å². The minimum absolute atomic E-state index is 0.0800. The van der Waals surface area contributed by atoms with Crippen molar-refractivity contribution in [2.45, 2.75) is 52.6 Å². The van der Waals surface area contributed by atoms with E-state index in [0.29, 0.717) is 36.5 Å². The first kappa shape index (κ1) is 23.0. The quantitative estimate of drug-likeness (QED) is 0.422. The summed E-state index contributed by atoms with van der Waals surface area (Å²) in [5.74, 6) is -3.05. The summed E-state index contributed by atoms with van der Waals surface area (Å²) in [6, 6.07) is 1.55. The normalized spacial score (nSPS) is 17.2. The first-order chi connectivity index (χ1) is 13.7. The predicted molar refractivity (Wildman–Crippen MR) is 110 cm³/mol. The predicted octanol–water partition coefficient (Wildman–Crippen LogP) is 6.76. The van der Waals surface area contributed by atoms with Gasteiger partial charge in [0.1, 0.15) is 0 Å². The fourth-order valence-electron chi connectivity index (χ4n) is 2.94. The van der Waals surface area contributed by atoms with Crippen LogP contribution in [0.25, 0.3) is 0 Å². The van der Waals surface area contributed by atoms with Crippen molar-refractivity contribution < 1.29 is 22.6 Å². The maximum Gasteiger partial charge on any atom is 0.201 e. The van der Waals surface area contributed by atoms with Gasteiger partial charge in [-0.25, -0.2) is 8.78 Å². The summed E-state index contributed by atoms with van der Waals surface area (Å²) in [6.07, 6.45) is 3.00. The largest absolute Gasteiger partial charge is 0.450 e. The van der Waals surface area contributed by atoms with Gasteiger partial charge in [0, 0.05) is 24.2 Å². The zero-order valence-corrected chi connectivity index (χ0v) is 17.4. The van der Waals surface area contributed by atoms with Crippen molar-refractivity contribution in [3.05, 3.63) is 77.4 Å². The molecule has 2 unspecified atom stereocenters. The van der Waals surface area contributed by atoms with Gasteiger partial charge in [0.2, 0.25) is 5.82 Å². The first-order valence-electron chi connectivity index (χ1n) is 9.88. The molecule has 29 heavy (non-hydrogen) atoms. The molecule has 1 aliphatic rings. The molecule has 1 aliphatic heterocycles. The van der Waals surface area contributed by atoms with E-state index in [4.69, 9.17) is 9.47 Å². The fourth-order valence-corrected chi connectivity index (χ4v) is 2.94. The average Bonchev–Trinajstić information content (AvgIpc) is 2.71. The van der Waals surface area contributed by atoms with Gasteiger partial charge in [-0.1, -0.05) is 39.5 Å². The van der Waals surface area contributed by atoms with Gasteiger partial charge in [-0.05, 0) is 42.9 Å². The van der Waals surface area contributed by atoms with E-state index in [2.05, 4.69) is 19.7 Å². The van der Waals surface area contributed by atoms with E-state index in [0.717, 1.165) is 6.42 Å². The van der Waals surface area contributed by atoms with Gasteiger partial charge in [-0.3, -0.25) is 0 Å². The Bertz CT molecular complexity index is 839. The summed E-state index contributed by atoms with van der Waals surface area (Å²) in [5, 5.41) is 0. The number of benzene rings is 1. The summed E-state index contributed by atoms with van der Waals surface area (Å²) < 4.78 is 55.1. The third-order valence-electron chi connectivity index (χ3n) is 5.16. The second-order valence-electron chi connectivity index (χ2n) is 7.52. The number of rotatable bonds is 9. The SMILES string of the molecule is C=CCCc1cc2c(c(F)c1F)O/C(=C(\F)C(=C)C(C)OCC(C)CC)C(=C)C2. The van der Waals surface area contributed by atoms with Crippen molar-refractivity contribution in [1.82, 2.24) is 0 Å². The molecular weight excluding hydrogens is 377 g/mol. The molecule has 0 saturated carbocycles. The van der Waals surface area contributed by atoms with Crippen molar-refractivity contribution in [1.29, 1.82) is 0 Å². The van der Waals surface area contributed by atoms with Crippen LogP contribution in [0.15, 0.2) is 54.6 Å². The molecule has 158 valence electrons. The lowest BCUT2D eigenvalue weighted by molar-refractivity contribution is 0.0638. The van der Waals surface area contributed by atoms with E-state index in [1.54, 1.807) is 19.1 Å². The number of allylic oxidation sites excluding steroid dienone is 2. The van der Waals surface area contributed by atoms with E-state index < -0.39 is 23.6 Å². The van der Waals surface area contributed by atoms with Crippen molar-refractivity contribution in [3.8, 4) is 5.75 Å². The van der Waals surface area contributed by atoms with Crippen LogP contribution in [0.3, 0.4) is 0 Å². The molecule has 2 atom stereocenters. The van der Waals surface area contributed by atoms with Crippen LogP contribution < -0.4 is 4.74 Å². The molecule has 0 saturated heterocycles. The standard InChI is InChI=1S/C24H29F3O2/c1-7-9-10-18-12-19-11-15(4)23(29-24(19)22(27)21(18)26)20(25)16(5)17(6)28-13-14(3)8-2/h7,12,14,17H,1,4-5,8-11,13H2,2-3,6H3/b23-20-. The first-order valence-corrected chi connectivity index (χ1v) is 9.88. The van der Waals surface area contributed by atoms with E-state index in [1.165, 1.54) is 0 Å². The number of ether oxygens (including phenoxy) is 2. The molecule has 0 spiro atoms. The highest BCUT2D eigenvalue weighted by Gasteiger charge is 2.29. The Kier molecular flexibility index (Phi) is 7.91. The molecule has 0 amide bonds. The van der Waals surface area contributed by atoms with Gasteiger partial charge >= 0.3 is 0 Å². The average molecular weight is 406 g/mol. The molecule has 0 fully saturated rings. The molecule has 0 radical (unpaired) electrons. The van der Waals surface area contributed by atoms with E-state index >= 15 is 4.39 Å². The van der Waals surface area contributed by atoms with Crippen LogP contribution in [0.2, 0.25) is 0 Å². The third-order valence-corrected chi connectivity index (χ3v) is 5.16. The molecule has 1 aromatic rings. The Balaban J connectivity index is 2.29. The Morgan fingerprint density at radius 3 is 2.62 bits per heavy atom.